The highest BCUT2D eigenvalue weighted by Gasteiger charge is 2.35. The molecule has 0 saturated carbocycles. The van der Waals surface area contributed by atoms with Crippen LogP contribution in [0.5, 0.6) is 5.75 Å². The van der Waals surface area contributed by atoms with E-state index in [0.717, 1.165) is 12.1 Å². The number of aliphatic hydroxyl groups is 1. The van der Waals surface area contributed by atoms with Crippen molar-refractivity contribution in [2.45, 2.75) is 12.0 Å². The molecule has 1 aliphatic heterocycles. The number of ether oxygens (including phenoxy) is 1. The molecule has 16 heavy (non-hydrogen) atoms. The lowest BCUT2D eigenvalue weighted by Crippen LogP contribution is -2.60. The fraction of sp³-hybridized carbons (Fsp3) is 0.455. The van der Waals surface area contributed by atoms with Crippen LogP contribution in [0, 0.1) is 11.6 Å². The first-order valence-corrected chi connectivity index (χ1v) is 4.99. The van der Waals surface area contributed by atoms with Gasteiger partial charge in [-0.1, -0.05) is 0 Å². The van der Waals surface area contributed by atoms with Crippen molar-refractivity contribution in [1.82, 2.24) is 5.32 Å². The Morgan fingerprint density at radius 1 is 1.38 bits per heavy atom. The molecular formula is C11H13F2NO2. The molecule has 0 unspecified atom stereocenters. The van der Waals surface area contributed by atoms with E-state index >= 15 is 0 Å². The molecule has 0 aliphatic carbocycles. The molecule has 1 aromatic carbocycles. The average molecular weight is 229 g/mol. The molecule has 0 bridgehead atoms. The van der Waals surface area contributed by atoms with Crippen LogP contribution in [0.3, 0.4) is 0 Å². The van der Waals surface area contributed by atoms with Crippen LogP contribution in [0.15, 0.2) is 12.1 Å². The molecule has 0 atom stereocenters. The summed E-state index contributed by atoms with van der Waals surface area (Å²) in [5.74, 6) is -1.61. The zero-order valence-electron chi connectivity index (χ0n) is 8.89. The van der Waals surface area contributed by atoms with E-state index in [1.807, 2.05) is 0 Å². The summed E-state index contributed by atoms with van der Waals surface area (Å²) in [5.41, 5.74) is -0.400. The second kappa shape index (κ2) is 3.99. The maximum Gasteiger partial charge on any atom is 0.162 e. The van der Waals surface area contributed by atoms with Crippen LogP contribution in [0.25, 0.3) is 0 Å². The molecule has 3 nitrogen and oxygen atoms in total. The smallest absolute Gasteiger partial charge is 0.162 e. The van der Waals surface area contributed by atoms with Crippen molar-refractivity contribution in [3.8, 4) is 5.75 Å². The molecule has 5 heteroatoms. The van der Waals surface area contributed by atoms with E-state index in [9.17, 15) is 13.9 Å². The van der Waals surface area contributed by atoms with Gasteiger partial charge in [0.05, 0.1) is 12.7 Å². The first kappa shape index (κ1) is 11.3. The second-order valence-electron chi connectivity index (χ2n) is 4.08. The maximum absolute atomic E-state index is 13.1. The number of rotatable bonds is 3. The molecule has 1 heterocycles. The van der Waals surface area contributed by atoms with E-state index in [1.54, 1.807) is 0 Å². The number of β-amino-alcohol motifs (C(OH)–C–C–N with tert-alkyl or cyclic N) is 1. The van der Waals surface area contributed by atoms with E-state index in [-0.39, 0.29) is 12.2 Å². The van der Waals surface area contributed by atoms with Gasteiger partial charge in [-0.05, 0) is 6.07 Å². The SMILES string of the molecule is COc1cc(F)c(F)cc1CC1(O)CNC1. The topological polar surface area (TPSA) is 41.5 Å². The fourth-order valence-electron chi connectivity index (χ4n) is 1.79. The van der Waals surface area contributed by atoms with Crippen molar-refractivity contribution < 1.29 is 18.6 Å². The van der Waals surface area contributed by atoms with Gasteiger partial charge in [-0.3, -0.25) is 0 Å². The van der Waals surface area contributed by atoms with E-state index in [4.69, 9.17) is 4.74 Å². The predicted octanol–water partition coefficient (Wildman–Crippen LogP) is 0.850. The van der Waals surface area contributed by atoms with Crippen molar-refractivity contribution in [3.05, 3.63) is 29.3 Å². The summed E-state index contributed by atoms with van der Waals surface area (Å²) in [6.07, 6.45) is 0.250. The van der Waals surface area contributed by atoms with Gasteiger partial charge in [0.15, 0.2) is 11.6 Å². The lowest BCUT2D eigenvalue weighted by Gasteiger charge is -2.38. The third-order valence-corrected chi connectivity index (χ3v) is 2.75. The minimum Gasteiger partial charge on any atom is -0.496 e. The molecule has 1 fully saturated rings. The molecule has 2 rings (SSSR count). The largest absolute Gasteiger partial charge is 0.496 e. The second-order valence-corrected chi connectivity index (χ2v) is 4.08. The minimum atomic E-state index is -0.945. The Hall–Kier alpha value is -1.20. The highest BCUT2D eigenvalue weighted by molar-refractivity contribution is 5.36. The van der Waals surface area contributed by atoms with E-state index in [1.165, 1.54) is 7.11 Å². The molecule has 2 N–H and O–H groups in total. The van der Waals surface area contributed by atoms with Gasteiger partial charge in [0.1, 0.15) is 5.75 Å². The lowest BCUT2D eigenvalue weighted by atomic mass is 9.89. The third kappa shape index (κ3) is 2.01. The van der Waals surface area contributed by atoms with Gasteiger partial charge >= 0.3 is 0 Å². The minimum absolute atomic E-state index is 0.250. The van der Waals surface area contributed by atoms with Gasteiger partial charge in [0.25, 0.3) is 0 Å². The van der Waals surface area contributed by atoms with Crippen molar-refractivity contribution in [1.29, 1.82) is 0 Å². The van der Waals surface area contributed by atoms with Crippen molar-refractivity contribution in [2.75, 3.05) is 20.2 Å². The van der Waals surface area contributed by atoms with Crippen molar-refractivity contribution in [2.24, 2.45) is 0 Å². The van der Waals surface area contributed by atoms with Crippen LogP contribution in [-0.4, -0.2) is 30.9 Å². The van der Waals surface area contributed by atoms with Gasteiger partial charge in [0, 0.05) is 31.1 Å². The van der Waals surface area contributed by atoms with Crippen LogP contribution >= 0.6 is 0 Å². The van der Waals surface area contributed by atoms with Gasteiger partial charge < -0.3 is 15.2 Å². The maximum atomic E-state index is 13.1. The Labute approximate surface area is 92.0 Å². The summed E-state index contributed by atoms with van der Waals surface area (Å²) in [5, 5.41) is 12.8. The Bertz CT molecular complexity index is 405. The number of halogens is 2. The Balaban J connectivity index is 2.28. The third-order valence-electron chi connectivity index (χ3n) is 2.75. The lowest BCUT2D eigenvalue weighted by molar-refractivity contribution is -0.00950. The highest BCUT2D eigenvalue weighted by Crippen LogP contribution is 2.27. The van der Waals surface area contributed by atoms with Gasteiger partial charge in [0.2, 0.25) is 0 Å². The molecule has 0 aromatic heterocycles. The summed E-state index contributed by atoms with van der Waals surface area (Å²) in [4.78, 5) is 0. The number of nitrogens with one attached hydrogen (secondary N) is 1. The van der Waals surface area contributed by atoms with Crippen LogP contribution in [0.2, 0.25) is 0 Å². The van der Waals surface area contributed by atoms with Crippen LogP contribution < -0.4 is 10.1 Å². The van der Waals surface area contributed by atoms with Gasteiger partial charge in [-0.2, -0.15) is 0 Å². The highest BCUT2D eigenvalue weighted by atomic mass is 19.2. The normalized spacial score (nSPS) is 18.0. The summed E-state index contributed by atoms with van der Waals surface area (Å²) in [6.45, 7) is 0.907. The Kier molecular flexibility index (Phi) is 2.82. The summed E-state index contributed by atoms with van der Waals surface area (Å²) in [6, 6.07) is 2.07. The summed E-state index contributed by atoms with van der Waals surface area (Å²) >= 11 is 0. The summed E-state index contributed by atoms with van der Waals surface area (Å²) in [7, 11) is 1.39. The van der Waals surface area contributed by atoms with Crippen LogP contribution in [0.4, 0.5) is 8.78 Å². The standard InChI is InChI=1S/C11H13F2NO2/c1-16-10-3-9(13)8(12)2-7(10)4-11(15)5-14-6-11/h2-3,14-15H,4-6H2,1H3. The van der Waals surface area contributed by atoms with Crippen molar-refractivity contribution in [3.63, 3.8) is 0 Å². The molecule has 0 spiro atoms. The first-order valence-electron chi connectivity index (χ1n) is 4.99. The molecule has 0 amide bonds. The molecular weight excluding hydrogens is 216 g/mol. The van der Waals surface area contributed by atoms with Crippen LogP contribution in [0.1, 0.15) is 5.56 Å². The Morgan fingerprint density at radius 3 is 2.50 bits per heavy atom. The van der Waals surface area contributed by atoms with E-state index in [2.05, 4.69) is 5.32 Å². The summed E-state index contributed by atoms with van der Waals surface area (Å²) < 4.78 is 31.0. The zero-order chi connectivity index (χ0) is 11.8. The van der Waals surface area contributed by atoms with E-state index < -0.39 is 17.2 Å². The quantitative estimate of drug-likeness (QED) is 0.807. The number of hydrogen-bond acceptors (Lipinski definition) is 3. The first-order chi connectivity index (χ1) is 7.54. The van der Waals surface area contributed by atoms with Crippen LogP contribution in [-0.2, 0) is 6.42 Å². The Morgan fingerprint density at radius 2 is 2.00 bits per heavy atom. The molecule has 1 saturated heterocycles. The molecule has 0 radical (unpaired) electrons. The van der Waals surface area contributed by atoms with Gasteiger partial charge in [-0.25, -0.2) is 8.78 Å². The zero-order valence-corrected chi connectivity index (χ0v) is 8.89. The molecule has 1 aliphatic rings. The number of hydrogen-bond donors (Lipinski definition) is 2. The number of methoxy groups -OCH3 is 1. The number of benzene rings is 1. The molecule has 88 valence electrons. The molecule has 1 aromatic rings. The van der Waals surface area contributed by atoms with Crippen molar-refractivity contribution >= 4 is 0 Å². The fourth-order valence-corrected chi connectivity index (χ4v) is 1.79. The van der Waals surface area contributed by atoms with Gasteiger partial charge in [-0.15, -0.1) is 0 Å². The predicted molar refractivity (Wildman–Crippen MR) is 54.4 cm³/mol. The van der Waals surface area contributed by atoms with E-state index in [0.29, 0.717) is 18.7 Å². The monoisotopic (exact) mass is 229 g/mol. The average Bonchev–Trinajstić information content (AvgIpc) is 2.21.